The summed E-state index contributed by atoms with van der Waals surface area (Å²) in [5, 5.41) is 8.71. The first-order valence-electron chi connectivity index (χ1n) is 6.24. The summed E-state index contributed by atoms with van der Waals surface area (Å²) in [6.07, 6.45) is 4.31. The maximum atomic E-state index is 12.0. The fraction of sp³-hybridized carbons (Fsp3) is 1.00. The van der Waals surface area contributed by atoms with Crippen molar-refractivity contribution in [1.29, 1.82) is 0 Å². The van der Waals surface area contributed by atoms with Gasteiger partial charge in [0.25, 0.3) is 10.2 Å². The fourth-order valence-electron chi connectivity index (χ4n) is 1.61. The zero-order chi connectivity index (χ0) is 14.2. The van der Waals surface area contributed by atoms with Crippen molar-refractivity contribution in [2.75, 3.05) is 33.0 Å². The average molecular weight is 298 g/mol. The van der Waals surface area contributed by atoms with E-state index < -0.39 is 10.2 Å². The predicted molar refractivity (Wildman–Crippen MR) is 78.1 cm³/mol. The minimum atomic E-state index is -3.44. The summed E-state index contributed by atoms with van der Waals surface area (Å²) in [5.41, 5.74) is 0. The number of hydrogen-bond acceptors (Lipinski definition) is 4. The molecule has 0 amide bonds. The van der Waals surface area contributed by atoms with E-state index in [1.807, 2.05) is 6.26 Å². The summed E-state index contributed by atoms with van der Waals surface area (Å²) in [6.45, 7) is 4.91. The maximum absolute atomic E-state index is 12.0. The first-order valence-corrected chi connectivity index (χ1v) is 8.91. The van der Waals surface area contributed by atoms with E-state index in [4.69, 9.17) is 5.11 Å². The molecule has 0 aliphatic carbocycles. The van der Waals surface area contributed by atoms with Crippen LogP contribution in [0.1, 0.15) is 33.1 Å². The van der Waals surface area contributed by atoms with Crippen LogP contribution >= 0.6 is 11.8 Å². The lowest BCUT2D eigenvalue weighted by molar-refractivity contribution is 0.275. The van der Waals surface area contributed by atoms with Gasteiger partial charge in [0.2, 0.25) is 0 Å². The Morgan fingerprint density at radius 3 is 2.28 bits per heavy atom. The molecular formula is C11H26N2O3S2. The first-order chi connectivity index (χ1) is 8.37. The number of thioether (sulfide) groups is 1. The Morgan fingerprint density at radius 1 is 1.33 bits per heavy atom. The molecule has 0 fully saturated rings. The van der Waals surface area contributed by atoms with Crippen molar-refractivity contribution in [2.24, 2.45) is 0 Å². The second-order valence-electron chi connectivity index (χ2n) is 4.32. The molecule has 0 heterocycles. The van der Waals surface area contributed by atoms with Gasteiger partial charge in [-0.1, -0.05) is 13.8 Å². The second kappa shape index (κ2) is 8.37. The van der Waals surface area contributed by atoms with E-state index in [-0.39, 0.29) is 11.4 Å². The largest absolute Gasteiger partial charge is 0.396 e. The molecule has 0 bridgehead atoms. The van der Waals surface area contributed by atoms with Gasteiger partial charge < -0.3 is 5.11 Å². The molecular weight excluding hydrogens is 272 g/mol. The van der Waals surface area contributed by atoms with E-state index in [2.05, 4.69) is 18.6 Å². The zero-order valence-electron chi connectivity index (χ0n) is 11.8. The van der Waals surface area contributed by atoms with Gasteiger partial charge >= 0.3 is 0 Å². The Balaban J connectivity index is 4.49. The van der Waals surface area contributed by atoms with Crippen LogP contribution in [0.25, 0.3) is 0 Å². The molecule has 0 spiro atoms. The van der Waals surface area contributed by atoms with Crippen molar-refractivity contribution in [3.63, 3.8) is 0 Å². The van der Waals surface area contributed by atoms with Crippen molar-refractivity contribution in [3.8, 4) is 0 Å². The van der Waals surface area contributed by atoms with E-state index in [1.165, 1.54) is 11.4 Å². The Bertz CT molecular complexity index is 308. The number of aliphatic hydroxyl groups excluding tert-OH is 1. The van der Waals surface area contributed by atoms with E-state index in [1.54, 1.807) is 11.8 Å². The normalized spacial score (nSPS) is 13.2. The molecule has 0 aromatic rings. The van der Waals surface area contributed by atoms with Crippen molar-refractivity contribution in [3.05, 3.63) is 0 Å². The topological polar surface area (TPSA) is 69.6 Å². The fourth-order valence-corrected chi connectivity index (χ4v) is 3.54. The third-order valence-electron chi connectivity index (χ3n) is 3.34. The number of rotatable bonds is 10. The third-order valence-corrected chi connectivity index (χ3v) is 6.44. The van der Waals surface area contributed by atoms with Crippen LogP contribution in [0, 0.1) is 0 Å². The lowest BCUT2D eigenvalue weighted by Crippen LogP contribution is -2.45. The van der Waals surface area contributed by atoms with Crippen molar-refractivity contribution in [1.82, 2.24) is 9.03 Å². The molecule has 0 aromatic heterocycles. The van der Waals surface area contributed by atoms with E-state index >= 15 is 0 Å². The number of nitrogens with zero attached hydrogens (tertiary/aromatic N) is 1. The molecule has 0 aliphatic rings. The first kappa shape index (κ1) is 18.2. The second-order valence-corrected chi connectivity index (χ2v) is 7.46. The third kappa shape index (κ3) is 5.44. The molecule has 110 valence electrons. The van der Waals surface area contributed by atoms with E-state index in [9.17, 15) is 8.42 Å². The zero-order valence-corrected chi connectivity index (χ0v) is 13.4. The molecule has 5 nitrogen and oxygen atoms in total. The van der Waals surface area contributed by atoms with Gasteiger partial charge in [0.1, 0.15) is 0 Å². The predicted octanol–water partition coefficient (Wildman–Crippen LogP) is 1.06. The molecule has 18 heavy (non-hydrogen) atoms. The van der Waals surface area contributed by atoms with Gasteiger partial charge in [0.15, 0.2) is 0 Å². The lowest BCUT2D eigenvalue weighted by Gasteiger charge is -2.30. The molecule has 2 N–H and O–H groups in total. The Labute approximate surface area is 116 Å². The smallest absolute Gasteiger partial charge is 0.279 e. The summed E-state index contributed by atoms with van der Waals surface area (Å²) in [6, 6.07) is 0. The van der Waals surface area contributed by atoms with E-state index in [0.29, 0.717) is 19.5 Å². The van der Waals surface area contributed by atoms with E-state index in [0.717, 1.165) is 12.8 Å². The van der Waals surface area contributed by atoms with Gasteiger partial charge in [-0.2, -0.15) is 24.5 Å². The molecule has 0 unspecified atom stereocenters. The number of aliphatic hydroxyl groups is 1. The Hall–Kier alpha value is 0.180. The van der Waals surface area contributed by atoms with Gasteiger partial charge in [-0.25, -0.2) is 4.72 Å². The highest BCUT2D eigenvalue weighted by Crippen LogP contribution is 2.29. The number of nitrogens with one attached hydrogen (secondary N) is 1. The van der Waals surface area contributed by atoms with Crippen molar-refractivity contribution < 1.29 is 13.5 Å². The highest BCUT2D eigenvalue weighted by atomic mass is 32.2. The Morgan fingerprint density at radius 2 is 1.89 bits per heavy atom. The minimum absolute atomic E-state index is 0.00146. The molecule has 7 heteroatoms. The average Bonchev–Trinajstić information content (AvgIpc) is 2.38. The molecule has 0 aromatic carbocycles. The van der Waals surface area contributed by atoms with Crippen LogP contribution in [0.2, 0.25) is 0 Å². The summed E-state index contributed by atoms with van der Waals surface area (Å²) in [5.74, 6) is 0. The van der Waals surface area contributed by atoms with Gasteiger partial charge in [-0.3, -0.25) is 0 Å². The van der Waals surface area contributed by atoms with Crippen LogP contribution < -0.4 is 4.72 Å². The highest BCUT2D eigenvalue weighted by molar-refractivity contribution is 8.00. The Kier molecular flexibility index (Phi) is 8.45. The maximum Gasteiger partial charge on any atom is 0.279 e. The van der Waals surface area contributed by atoms with Gasteiger partial charge in [-0.15, -0.1) is 0 Å². The van der Waals surface area contributed by atoms with Gasteiger partial charge in [0, 0.05) is 31.5 Å². The van der Waals surface area contributed by atoms with Crippen LogP contribution in [-0.4, -0.2) is 55.6 Å². The van der Waals surface area contributed by atoms with Crippen molar-refractivity contribution in [2.45, 2.75) is 37.9 Å². The highest BCUT2D eigenvalue weighted by Gasteiger charge is 2.28. The lowest BCUT2D eigenvalue weighted by atomic mass is 10.0. The van der Waals surface area contributed by atoms with Gasteiger partial charge in [0.05, 0.1) is 0 Å². The SMILES string of the molecule is CCC(CC)(CNS(=O)(=O)N(C)CCCO)SC. The summed E-state index contributed by atoms with van der Waals surface area (Å²) < 4.78 is 27.8. The quantitative estimate of drug-likeness (QED) is 0.633. The summed E-state index contributed by atoms with van der Waals surface area (Å²) >= 11 is 1.70. The summed E-state index contributed by atoms with van der Waals surface area (Å²) in [7, 11) is -1.91. The van der Waals surface area contributed by atoms with Gasteiger partial charge in [-0.05, 0) is 25.5 Å². The van der Waals surface area contributed by atoms with Crippen LogP contribution in [0.5, 0.6) is 0 Å². The van der Waals surface area contributed by atoms with Crippen LogP contribution in [0.4, 0.5) is 0 Å². The molecule has 0 aliphatic heterocycles. The minimum Gasteiger partial charge on any atom is -0.396 e. The standard InChI is InChI=1S/C11H26N2O3S2/c1-5-11(6-2,17-4)10-12-18(15,16)13(3)8-7-9-14/h12,14H,5-10H2,1-4H3. The molecule has 0 atom stereocenters. The molecule has 0 saturated carbocycles. The monoisotopic (exact) mass is 298 g/mol. The number of hydrogen-bond donors (Lipinski definition) is 2. The molecule has 0 rings (SSSR count). The molecule has 0 saturated heterocycles. The van der Waals surface area contributed by atoms with Crippen LogP contribution in [0.15, 0.2) is 0 Å². The summed E-state index contributed by atoms with van der Waals surface area (Å²) in [4.78, 5) is 0. The van der Waals surface area contributed by atoms with Crippen LogP contribution in [0.3, 0.4) is 0 Å². The molecule has 0 radical (unpaired) electrons. The van der Waals surface area contributed by atoms with Crippen molar-refractivity contribution >= 4 is 22.0 Å². The van der Waals surface area contributed by atoms with Crippen LogP contribution in [-0.2, 0) is 10.2 Å².